The summed E-state index contributed by atoms with van der Waals surface area (Å²) >= 11 is 0. The first kappa shape index (κ1) is 11.9. The molecule has 3 heteroatoms. The van der Waals surface area contributed by atoms with Crippen molar-refractivity contribution in [3.8, 4) is 0 Å². The Morgan fingerprint density at radius 1 is 1.44 bits per heavy atom. The molecule has 92 valence electrons. The molecule has 2 rings (SSSR count). The molecule has 1 aliphatic carbocycles. The molecule has 2 unspecified atom stereocenters. The Bertz CT molecular complexity index is 250. The second-order valence-electron chi connectivity index (χ2n) is 5.35. The van der Waals surface area contributed by atoms with Gasteiger partial charge in [-0.3, -0.25) is 9.69 Å². The highest BCUT2D eigenvalue weighted by Crippen LogP contribution is 2.37. The van der Waals surface area contributed by atoms with Gasteiger partial charge in [0.15, 0.2) is 0 Å². The lowest BCUT2D eigenvalue weighted by molar-refractivity contribution is -0.120. The Labute approximate surface area is 98.6 Å². The molecule has 0 aromatic heterocycles. The predicted octanol–water partition coefficient (Wildman–Crippen LogP) is 1.78. The van der Waals surface area contributed by atoms with Gasteiger partial charge in [0.2, 0.25) is 5.91 Å². The van der Waals surface area contributed by atoms with Crippen molar-refractivity contribution in [2.75, 3.05) is 13.1 Å². The molecule has 1 saturated heterocycles. The minimum Gasteiger partial charge on any atom is -0.352 e. The molecule has 2 fully saturated rings. The number of nitrogens with one attached hydrogen (secondary N) is 1. The van der Waals surface area contributed by atoms with Crippen molar-refractivity contribution in [1.29, 1.82) is 0 Å². The van der Waals surface area contributed by atoms with Gasteiger partial charge in [-0.15, -0.1) is 0 Å². The summed E-state index contributed by atoms with van der Waals surface area (Å²) in [6.45, 7) is 6.21. The molecule has 0 aromatic rings. The summed E-state index contributed by atoms with van der Waals surface area (Å²) in [5.74, 6) is 1.06. The molecule has 1 aliphatic heterocycles. The van der Waals surface area contributed by atoms with Crippen LogP contribution in [0.5, 0.6) is 0 Å². The van der Waals surface area contributed by atoms with Crippen LogP contribution in [0.1, 0.15) is 46.0 Å². The van der Waals surface area contributed by atoms with E-state index < -0.39 is 0 Å². The van der Waals surface area contributed by atoms with Gasteiger partial charge in [0.25, 0.3) is 0 Å². The van der Waals surface area contributed by atoms with E-state index in [0.29, 0.717) is 6.04 Å². The monoisotopic (exact) mass is 224 g/mol. The first-order valence-electron chi connectivity index (χ1n) is 6.72. The third-order valence-corrected chi connectivity index (χ3v) is 3.91. The lowest BCUT2D eigenvalue weighted by atomic mass is 10.00. The summed E-state index contributed by atoms with van der Waals surface area (Å²) in [5, 5.41) is 3.07. The molecule has 0 radical (unpaired) electrons. The minimum absolute atomic E-state index is 0.117. The number of hydrogen-bond donors (Lipinski definition) is 1. The maximum Gasteiger partial charge on any atom is 0.217 e. The molecule has 2 aliphatic rings. The summed E-state index contributed by atoms with van der Waals surface area (Å²) in [6, 6.07) is 1.16. The van der Waals surface area contributed by atoms with Crippen LogP contribution in [0.2, 0.25) is 0 Å². The van der Waals surface area contributed by atoms with E-state index in [2.05, 4.69) is 17.1 Å². The van der Waals surface area contributed by atoms with Gasteiger partial charge in [-0.25, -0.2) is 0 Å². The van der Waals surface area contributed by atoms with Crippen LogP contribution in [0.25, 0.3) is 0 Å². The lowest BCUT2D eigenvalue weighted by Crippen LogP contribution is -2.51. The van der Waals surface area contributed by atoms with Crippen LogP contribution in [-0.2, 0) is 4.79 Å². The van der Waals surface area contributed by atoms with E-state index in [-0.39, 0.29) is 5.91 Å². The maximum absolute atomic E-state index is 11.1. The van der Waals surface area contributed by atoms with Crippen molar-refractivity contribution in [1.82, 2.24) is 10.2 Å². The molecule has 1 N–H and O–H groups in total. The summed E-state index contributed by atoms with van der Waals surface area (Å²) in [4.78, 5) is 13.7. The van der Waals surface area contributed by atoms with E-state index in [0.717, 1.165) is 24.9 Å². The van der Waals surface area contributed by atoms with E-state index in [1.165, 1.54) is 32.2 Å². The van der Waals surface area contributed by atoms with Crippen LogP contribution in [0, 0.1) is 5.92 Å². The SMILES string of the molecule is CCC(C1CC1)N1CCCC(NC(C)=O)C1. The van der Waals surface area contributed by atoms with Crippen LogP contribution < -0.4 is 5.32 Å². The molecule has 0 aromatic carbocycles. The molecule has 0 bridgehead atoms. The van der Waals surface area contributed by atoms with Gasteiger partial charge in [-0.05, 0) is 44.6 Å². The summed E-state index contributed by atoms with van der Waals surface area (Å²) in [7, 11) is 0. The number of piperidine rings is 1. The first-order chi connectivity index (χ1) is 7.70. The summed E-state index contributed by atoms with van der Waals surface area (Å²) < 4.78 is 0. The number of likely N-dealkylation sites (tertiary alicyclic amines) is 1. The second-order valence-corrected chi connectivity index (χ2v) is 5.35. The molecule has 1 amide bonds. The first-order valence-corrected chi connectivity index (χ1v) is 6.72. The summed E-state index contributed by atoms with van der Waals surface area (Å²) in [5.41, 5.74) is 0. The van der Waals surface area contributed by atoms with Gasteiger partial charge in [-0.2, -0.15) is 0 Å². The van der Waals surface area contributed by atoms with E-state index in [1.807, 2.05) is 0 Å². The zero-order valence-electron chi connectivity index (χ0n) is 10.5. The molecule has 3 nitrogen and oxygen atoms in total. The van der Waals surface area contributed by atoms with Crippen LogP contribution in [0.4, 0.5) is 0 Å². The largest absolute Gasteiger partial charge is 0.352 e. The fourth-order valence-corrected chi connectivity index (χ4v) is 3.08. The van der Waals surface area contributed by atoms with E-state index >= 15 is 0 Å². The second kappa shape index (κ2) is 5.17. The predicted molar refractivity (Wildman–Crippen MR) is 65.2 cm³/mol. The van der Waals surface area contributed by atoms with Crippen LogP contribution >= 0.6 is 0 Å². The molecule has 16 heavy (non-hydrogen) atoms. The van der Waals surface area contributed by atoms with Crippen molar-refractivity contribution in [2.24, 2.45) is 5.92 Å². The molecular weight excluding hydrogens is 200 g/mol. The van der Waals surface area contributed by atoms with Crippen molar-refractivity contribution in [3.05, 3.63) is 0 Å². The van der Waals surface area contributed by atoms with Gasteiger partial charge >= 0.3 is 0 Å². The lowest BCUT2D eigenvalue weighted by Gasteiger charge is -2.38. The topological polar surface area (TPSA) is 32.3 Å². The number of nitrogens with zero attached hydrogens (tertiary/aromatic N) is 1. The maximum atomic E-state index is 11.1. The van der Waals surface area contributed by atoms with E-state index in [4.69, 9.17) is 0 Å². The van der Waals surface area contributed by atoms with Crippen LogP contribution in [-0.4, -0.2) is 36.0 Å². The molecule has 1 heterocycles. The normalized spacial score (nSPS) is 28.8. The highest BCUT2D eigenvalue weighted by atomic mass is 16.1. The zero-order chi connectivity index (χ0) is 11.5. The smallest absolute Gasteiger partial charge is 0.217 e. The van der Waals surface area contributed by atoms with Crippen molar-refractivity contribution in [2.45, 2.75) is 58.0 Å². The Morgan fingerprint density at radius 2 is 2.19 bits per heavy atom. The highest BCUT2D eigenvalue weighted by Gasteiger charge is 2.35. The van der Waals surface area contributed by atoms with Gasteiger partial charge in [0.05, 0.1) is 0 Å². The Morgan fingerprint density at radius 3 is 2.75 bits per heavy atom. The fraction of sp³-hybridized carbons (Fsp3) is 0.923. The third kappa shape index (κ3) is 2.97. The third-order valence-electron chi connectivity index (χ3n) is 3.91. The average molecular weight is 224 g/mol. The fourth-order valence-electron chi connectivity index (χ4n) is 3.08. The Balaban J connectivity index is 1.87. The van der Waals surface area contributed by atoms with Gasteiger partial charge in [0.1, 0.15) is 0 Å². The molecule has 2 atom stereocenters. The molecule has 0 spiro atoms. The van der Waals surface area contributed by atoms with Crippen LogP contribution in [0.3, 0.4) is 0 Å². The van der Waals surface area contributed by atoms with Crippen molar-refractivity contribution in [3.63, 3.8) is 0 Å². The summed E-state index contributed by atoms with van der Waals surface area (Å²) in [6.07, 6.45) is 6.47. The quantitative estimate of drug-likeness (QED) is 0.789. The zero-order valence-corrected chi connectivity index (χ0v) is 10.5. The minimum atomic E-state index is 0.117. The molecule has 1 saturated carbocycles. The Kier molecular flexibility index (Phi) is 3.85. The highest BCUT2D eigenvalue weighted by molar-refractivity contribution is 5.73. The van der Waals surface area contributed by atoms with E-state index in [1.54, 1.807) is 6.92 Å². The number of carbonyl (C=O) groups excluding carboxylic acids is 1. The van der Waals surface area contributed by atoms with Gasteiger partial charge < -0.3 is 5.32 Å². The standard InChI is InChI=1S/C13H24N2O/c1-3-13(11-6-7-11)15-8-4-5-12(9-15)14-10(2)16/h11-13H,3-9H2,1-2H3,(H,14,16). The van der Waals surface area contributed by atoms with Crippen molar-refractivity contribution < 1.29 is 4.79 Å². The number of rotatable bonds is 4. The van der Waals surface area contributed by atoms with E-state index in [9.17, 15) is 4.79 Å². The van der Waals surface area contributed by atoms with Crippen molar-refractivity contribution >= 4 is 5.91 Å². The van der Waals surface area contributed by atoms with Gasteiger partial charge in [0, 0.05) is 25.6 Å². The molecular formula is C13H24N2O. The van der Waals surface area contributed by atoms with Crippen LogP contribution in [0.15, 0.2) is 0 Å². The number of carbonyl (C=O) groups is 1. The average Bonchev–Trinajstić information content (AvgIpc) is 3.03. The number of hydrogen-bond acceptors (Lipinski definition) is 2. The number of amides is 1. The van der Waals surface area contributed by atoms with Gasteiger partial charge in [-0.1, -0.05) is 6.92 Å². The Hall–Kier alpha value is -0.570.